The number of rotatable bonds is 9. The van der Waals surface area contributed by atoms with Gasteiger partial charge in [0.15, 0.2) is 11.5 Å². The molecule has 1 aromatic carbocycles. The fourth-order valence-electron chi connectivity index (χ4n) is 3.96. The molecule has 32 heavy (non-hydrogen) atoms. The molecule has 1 aliphatic rings. The molecule has 0 radical (unpaired) electrons. The number of ketones is 1. The van der Waals surface area contributed by atoms with Gasteiger partial charge in [0.1, 0.15) is 6.04 Å². The van der Waals surface area contributed by atoms with Crippen LogP contribution in [-0.2, 0) is 25.5 Å². The van der Waals surface area contributed by atoms with Crippen molar-refractivity contribution < 1.29 is 28.3 Å². The average molecular weight is 440 g/mol. The predicted octanol–water partition coefficient (Wildman–Crippen LogP) is 2.38. The van der Waals surface area contributed by atoms with E-state index in [1.807, 2.05) is 30.3 Å². The molecule has 0 unspecified atom stereocenters. The summed E-state index contributed by atoms with van der Waals surface area (Å²) in [6, 6.07) is 11.0. The monoisotopic (exact) mass is 440 g/mol. The van der Waals surface area contributed by atoms with E-state index in [1.165, 1.54) is 24.3 Å². The molecule has 1 fully saturated rings. The zero-order chi connectivity index (χ0) is 23.1. The van der Waals surface area contributed by atoms with Crippen molar-refractivity contribution in [2.24, 2.45) is 5.92 Å². The van der Waals surface area contributed by atoms with Gasteiger partial charge in [0.05, 0.1) is 19.4 Å². The Bertz CT molecular complexity index is 941. The van der Waals surface area contributed by atoms with Gasteiger partial charge in [-0.05, 0) is 37.0 Å². The van der Waals surface area contributed by atoms with Crippen molar-refractivity contribution in [2.75, 3.05) is 13.7 Å². The highest BCUT2D eigenvalue weighted by Crippen LogP contribution is 2.22. The quantitative estimate of drug-likeness (QED) is 0.600. The van der Waals surface area contributed by atoms with E-state index in [0.29, 0.717) is 25.8 Å². The van der Waals surface area contributed by atoms with Gasteiger partial charge >= 0.3 is 5.97 Å². The van der Waals surface area contributed by atoms with Crippen molar-refractivity contribution in [1.29, 1.82) is 0 Å². The Balaban J connectivity index is 1.69. The lowest BCUT2D eigenvalue weighted by molar-refractivity contribution is -0.152. The van der Waals surface area contributed by atoms with E-state index in [1.54, 1.807) is 13.0 Å². The maximum atomic E-state index is 13.1. The molecule has 8 heteroatoms. The molecule has 1 N–H and O–H groups in total. The third-order valence-corrected chi connectivity index (χ3v) is 5.66. The van der Waals surface area contributed by atoms with Gasteiger partial charge in [0, 0.05) is 18.9 Å². The summed E-state index contributed by atoms with van der Waals surface area (Å²) in [6.45, 7) is 2.13. The number of hydrogen-bond donors (Lipinski definition) is 1. The summed E-state index contributed by atoms with van der Waals surface area (Å²) in [5.41, 5.74) is 0.884. The minimum atomic E-state index is -0.819. The Morgan fingerprint density at radius 1 is 1.16 bits per heavy atom. The first kappa shape index (κ1) is 23.2. The van der Waals surface area contributed by atoms with Crippen LogP contribution >= 0.6 is 0 Å². The van der Waals surface area contributed by atoms with Gasteiger partial charge in [-0.2, -0.15) is 0 Å². The van der Waals surface area contributed by atoms with Crippen LogP contribution in [-0.4, -0.2) is 54.2 Å². The molecular formula is C24H28N2O6. The number of hydrogen-bond acceptors (Lipinski definition) is 6. The maximum absolute atomic E-state index is 13.1. The van der Waals surface area contributed by atoms with E-state index in [4.69, 9.17) is 9.15 Å². The van der Waals surface area contributed by atoms with Crippen molar-refractivity contribution in [3.8, 4) is 0 Å². The molecule has 1 saturated heterocycles. The van der Waals surface area contributed by atoms with Crippen molar-refractivity contribution in [1.82, 2.24) is 10.2 Å². The van der Waals surface area contributed by atoms with Gasteiger partial charge in [-0.1, -0.05) is 37.3 Å². The van der Waals surface area contributed by atoms with E-state index in [9.17, 15) is 19.2 Å². The molecule has 0 aliphatic carbocycles. The Morgan fingerprint density at radius 2 is 1.91 bits per heavy atom. The number of ether oxygens (including phenoxy) is 1. The van der Waals surface area contributed by atoms with E-state index >= 15 is 0 Å². The lowest BCUT2D eigenvalue weighted by atomic mass is 9.94. The number of Topliss-reactive ketones (excluding diaryl/α,β-unsaturated/α-hetero) is 1. The first-order valence-corrected chi connectivity index (χ1v) is 10.7. The summed E-state index contributed by atoms with van der Waals surface area (Å²) in [7, 11) is 1.30. The zero-order valence-corrected chi connectivity index (χ0v) is 18.3. The van der Waals surface area contributed by atoms with E-state index in [0.717, 1.165) is 5.56 Å². The Kier molecular flexibility index (Phi) is 7.81. The molecule has 3 rings (SSSR count). The Hall–Kier alpha value is -3.42. The van der Waals surface area contributed by atoms with Crippen LogP contribution in [0, 0.1) is 5.92 Å². The first-order valence-electron chi connectivity index (χ1n) is 10.7. The second-order valence-corrected chi connectivity index (χ2v) is 7.98. The van der Waals surface area contributed by atoms with Crippen LogP contribution in [0.3, 0.4) is 0 Å². The third kappa shape index (κ3) is 5.63. The van der Waals surface area contributed by atoms with Gasteiger partial charge in [-0.3, -0.25) is 14.4 Å². The second kappa shape index (κ2) is 10.7. The van der Waals surface area contributed by atoms with E-state index < -0.39 is 29.9 Å². The molecular weight excluding hydrogens is 412 g/mol. The fraction of sp³-hybridized carbons (Fsp3) is 0.417. The van der Waals surface area contributed by atoms with Crippen LogP contribution in [0.1, 0.15) is 42.3 Å². The number of carbonyl (C=O) groups excluding carboxylic acids is 4. The molecule has 2 aromatic rings. The van der Waals surface area contributed by atoms with Crippen LogP contribution < -0.4 is 5.32 Å². The molecule has 0 bridgehead atoms. The van der Waals surface area contributed by atoms with E-state index in [2.05, 4.69) is 5.32 Å². The first-order chi connectivity index (χ1) is 15.4. The number of amides is 2. The number of methoxy groups -OCH3 is 1. The number of benzene rings is 1. The Labute approximate surface area is 186 Å². The molecule has 3 atom stereocenters. The molecule has 1 aromatic heterocycles. The van der Waals surface area contributed by atoms with Crippen LogP contribution in [0.2, 0.25) is 0 Å². The molecule has 2 heterocycles. The zero-order valence-electron chi connectivity index (χ0n) is 18.3. The van der Waals surface area contributed by atoms with Crippen molar-refractivity contribution in [3.63, 3.8) is 0 Å². The van der Waals surface area contributed by atoms with Gasteiger partial charge in [-0.25, -0.2) is 4.79 Å². The predicted molar refractivity (Wildman–Crippen MR) is 116 cm³/mol. The van der Waals surface area contributed by atoms with Crippen molar-refractivity contribution in [3.05, 3.63) is 60.1 Å². The minimum absolute atomic E-state index is 0.0564. The number of nitrogens with zero attached hydrogens (tertiary/aromatic N) is 1. The van der Waals surface area contributed by atoms with Gasteiger partial charge in [-0.15, -0.1) is 0 Å². The normalized spacial score (nSPS) is 17.4. The molecule has 2 amide bonds. The number of carbonyl (C=O) groups is 4. The highest BCUT2D eigenvalue weighted by molar-refractivity contribution is 5.97. The van der Waals surface area contributed by atoms with Crippen molar-refractivity contribution in [2.45, 2.75) is 44.7 Å². The fourth-order valence-corrected chi connectivity index (χ4v) is 3.96. The largest absolute Gasteiger partial charge is 0.467 e. The molecule has 0 spiro atoms. The summed E-state index contributed by atoms with van der Waals surface area (Å²) < 4.78 is 9.93. The standard InChI is InChI=1S/C24H28N2O6/c1-16(23(29)26-12-6-10-19(26)24(30)31-2)14-20(27)18(15-17-8-4-3-5-9-17)25-22(28)21-11-7-13-32-21/h3-5,7-9,11,13,16,18-19H,6,10,12,14-15H2,1-2H3,(H,25,28)/t16-,18+,19-/m0/s1. The summed E-state index contributed by atoms with van der Waals surface area (Å²) in [5.74, 6) is -1.98. The summed E-state index contributed by atoms with van der Waals surface area (Å²) >= 11 is 0. The van der Waals surface area contributed by atoms with Gasteiger partial charge in [0.25, 0.3) is 5.91 Å². The molecule has 8 nitrogen and oxygen atoms in total. The second-order valence-electron chi connectivity index (χ2n) is 7.98. The van der Waals surface area contributed by atoms with Crippen LogP contribution in [0.15, 0.2) is 53.1 Å². The lowest BCUT2D eigenvalue weighted by Gasteiger charge is -2.26. The maximum Gasteiger partial charge on any atom is 0.328 e. The van der Waals surface area contributed by atoms with Crippen LogP contribution in [0.4, 0.5) is 0 Å². The SMILES string of the molecule is COC(=O)[C@@H]1CCCN1C(=O)[C@@H](C)CC(=O)[C@@H](Cc1ccccc1)NC(=O)c1ccco1. The highest BCUT2D eigenvalue weighted by atomic mass is 16.5. The van der Waals surface area contributed by atoms with Crippen LogP contribution in [0.25, 0.3) is 0 Å². The average Bonchev–Trinajstić information content (AvgIpc) is 3.50. The minimum Gasteiger partial charge on any atom is -0.467 e. The molecule has 0 saturated carbocycles. The number of esters is 1. The summed E-state index contributed by atoms with van der Waals surface area (Å²) in [5, 5.41) is 2.74. The van der Waals surface area contributed by atoms with Gasteiger partial charge < -0.3 is 19.4 Å². The topological polar surface area (TPSA) is 106 Å². The summed E-state index contributed by atoms with van der Waals surface area (Å²) in [4.78, 5) is 52.1. The van der Waals surface area contributed by atoms with Crippen molar-refractivity contribution >= 4 is 23.6 Å². The molecule has 170 valence electrons. The van der Waals surface area contributed by atoms with Crippen LogP contribution in [0.5, 0.6) is 0 Å². The Morgan fingerprint density at radius 3 is 2.56 bits per heavy atom. The smallest absolute Gasteiger partial charge is 0.328 e. The lowest BCUT2D eigenvalue weighted by Crippen LogP contribution is -2.46. The van der Waals surface area contributed by atoms with Gasteiger partial charge in [0.2, 0.25) is 5.91 Å². The molecule has 1 aliphatic heterocycles. The summed E-state index contributed by atoms with van der Waals surface area (Å²) in [6.07, 6.45) is 2.88. The number of nitrogens with one attached hydrogen (secondary N) is 1. The van der Waals surface area contributed by atoms with E-state index in [-0.39, 0.29) is 23.9 Å². The third-order valence-electron chi connectivity index (χ3n) is 5.66. The highest BCUT2D eigenvalue weighted by Gasteiger charge is 2.37. The number of furan rings is 1. The number of likely N-dealkylation sites (tertiary alicyclic amines) is 1.